The molecular weight excluding hydrogens is 250 g/mol. The van der Waals surface area contributed by atoms with Crippen molar-refractivity contribution >= 4 is 17.9 Å². The molecule has 7 nitrogen and oxygen atoms in total. The summed E-state index contributed by atoms with van der Waals surface area (Å²) in [5.74, 6) is -0.510. The van der Waals surface area contributed by atoms with Crippen molar-refractivity contribution in [1.29, 1.82) is 0 Å². The van der Waals surface area contributed by atoms with Crippen LogP contribution in [0.5, 0.6) is 0 Å². The number of hydrogen-bond acceptors (Lipinski definition) is 6. The molecule has 0 N–H and O–H groups in total. The zero-order valence-corrected chi connectivity index (χ0v) is 11.1. The predicted octanol–water partition coefficient (Wildman–Crippen LogP) is 0.520. The number of likely N-dealkylation sites (N-methyl/N-ethyl adjacent to an activating group) is 1. The molecule has 0 bridgehead atoms. The van der Waals surface area contributed by atoms with Crippen LogP contribution in [0.3, 0.4) is 0 Å². The molecule has 0 saturated carbocycles. The summed E-state index contributed by atoms with van der Waals surface area (Å²) < 4.78 is 10.1. The van der Waals surface area contributed by atoms with Crippen LogP contribution in [-0.4, -0.2) is 55.0 Å². The highest BCUT2D eigenvalue weighted by molar-refractivity contribution is 5.87. The number of anilines is 1. The third-order valence-corrected chi connectivity index (χ3v) is 2.92. The van der Waals surface area contributed by atoms with E-state index in [-0.39, 0.29) is 30.8 Å². The zero-order valence-electron chi connectivity index (χ0n) is 11.1. The number of aromatic nitrogens is 1. The van der Waals surface area contributed by atoms with Crippen molar-refractivity contribution in [2.24, 2.45) is 0 Å². The molecular formula is C12H17N3O4. The van der Waals surface area contributed by atoms with E-state index in [1.54, 1.807) is 23.8 Å². The van der Waals surface area contributed by atoms with Gasteiger partial charge >= 0.3 is 5.97 Å². The minimum atomic E-state index is -0.518. The molecule has 0 atom stereocenters. The molecule has 1 saturated heterocycles. The standard InChI is InChI=1S/C12H17N3O4/c1-3-18-11(17)9-8-19-12(13-9)15-6-4-5-14(2)10(16)7-15/h8H,3-7H2,1-2H3. The number of ether oxygens (including phenoxy) is 1. The molecule has 0 aliphatic carbocycles. The number of rotatable bonds is 3. The van der Waals surface area contributed by atoms with Gasteiger partial charge < -0.3 is 19.0 Å². The van der Waals surface area contributed by atoms with Gasteiger partial charge in [0.1, 0.15) is 12.8 Å². The fourth-order valence-electron chi connectivity index (χ4n) is 1.86. The molecule has 2 rings (SSSR count). The molecule has 1 aliphatic rings. The van der Waals surface area contributed by atoms with Gasteiger partial charge in [-0.3, -0.25) is 4.79 Å². The summed E-state index contributed by atoms with van der Waals surface area (Å²) >= 11 is 0. The Hall–Kier alpha value is -2.05. The van der Waals surface area contributed by atoms with E-state index < -0.39 is 5.97 Å². The first kappa shape index (κ1) is 13.4. The smallest absolute Gasteiger partial charge is 0.360 e. The number of nitrogens with zero attached hydrogens (tertiary/aromatic N) is 3. The van der Waals surface area contributed by atoms with E-state index in [1.807, 2.05) is 0 Å². The average Bonchev–Trinajstić information content (AvgIpc) is 2.81. The molecule has 1 fully saturated rings. The Morgan fingerprint density at radius 3 is 3.05 bits per heavy atom. The van der Waals surface area contributed by atoms with Gasteiger partial charge in [0.15, 0.2) is 5.69 Å². The summed E-state index contributed by atoms with van der Waals surface area (Å²) in [4.78, 5) is 30.7. The van der Waals surface area contributed by atoms with E-state index >= 15 is 0 Å². The SMILES string of the molecule is CCOC(=O)c1coc(N2CCCN(C)C(=O)C2)n1. The van der Waals surface area contributed by atoms with Gasteiger partial charge in [0.25, 0.3) is 6.01 Å². The van der Waals surface area contributed by atoms with Crippen LogP contribution >= 0.6 is 0 Å². The van der Waals surface area contributed by atoms with E-state index in [4.69, 9.17) is 9.15 Å². The van der Waals surface area contributed by atoms with E-state index in [0.29, 0.717) is 13.1 Å². The average molecular weight is 267 g/mol. The summed E-state index contributed by atoms with van der Waals surface area (Å²) in [6.07, 6.45) is 2.09. The Bertz CT molecular complexity index is 471. The Kier molecular flexibility index (Phi) is 4.03. The number of carbonyl (C=O) groups is 2. The van der Waals surface area contributed by atoms with Crippen LogP contribution in [0.2, 0.25) is 0 Å². The largest absolute Gasteiger partial charge is 0.461 e. The molecule has 104 valence electrons. The normalized spacial score (nSPS) is 16.4. The quantitative estimate of drug-likeness (QED) is 0.743. The highest BCUT2D eigenvalue weighted by Gasteiger charge is 2.23. The predicted molar refractivity (Wildman–Crippen MR) is 66.9 cm³/mol. The second-order valence-electron chi connectivity index (χ2n) is 4.33. The lowest BCUT2D eigenvalue weighted by molar-refractivity contribution is -0.127. The zero-order chi connectivity index (χ0) is 13.8. The van der Waals surface area contributed by atoms with Crippen LogP contribution in [0, 0.1) is 0 Å². The molecule has 1 aliphatic heterocycles. The number of esters is 1. The van der Waals surface area contributed by atoms with Crippen molar-refractivity contribution in [2.45, 2.75) is 13.3 Å². The van der Waals surface area contributed by atoms with Crippen molar-refractivity contribution in [2.75, 3.05) is 38.2 Å². The van der Waals surface area contributed by atoms with Crippen molar-refractivity contribution in [1.82, 2.24) is 9.88 Å². The topological polar surface area (TPSA) is 75.9 Å². The molecule has 1 aromatic heterocycles. The number of hydrogen-bond donors (Lipinski definition) is 0. The summed E-state index contributed by atoms with van der Waals surface area (Å²) in [6, 6.07) is 0.284. The summed E-state index contributed by atoms with van der Waals surface area (Å²) in [6.45, 7) is 3.59. The third kappa shape index (κ3) is 3.04. The molecule has 19 heavy (non-hydrogen) atoms. The third-order valence-electron chi connectivity index (χ3n) is 2.92. The maximum absolute atomic E-state index is 11.8. The van der Waals surface area contributed by atoms with Crippen LogP contribution in [-0.2, 0) is 9.53 Å². The molecule has 0 spiro atoms. The van der Waals surface area contributed by atoms with Gasteiger partial charge in [-0.1, -0.05) is 0 Å². The van der Waals surface area contributed by atoms with Gasteiger partial charge in [-0.05, 0) is 13.3 Å². The summed E-state index contributed by atoms with van der Waals surface area (Å²) in [7, 11) is 1.77. The molecule has 1 amide bonds. The number of amides is 1. The molecule has 1 aromatic rings. The van der Waals surface area contributed by atoms with E-state index in [0.717, 1.165) is 6.42 Å². The highest BCUT2D eigenvalue weighted by atomic mass is 16.5. The fourth-order valence-corrected chi connectivity index (χ4v) is 1.86. The monoisotopic (exact) mass is 267 g/mol. The van der Waals surface area contributed by atoms with Gasteiger partial charge in [0.2, 0.25) is 5.91 Å². The van der Waals surface area contributed by atoms with E-state index in [9.17, 15) is 9.59 Å². The second kappa shape index (κ2) is 5.73. The Morgan fingerprint density at radius 1 is 1.53 bits per heavy atom. The maximum atomic E-state index is 11.8. The van der Waals surface area contributed by atoms with Crippen molar-refractivity contribution in [3.8, 4) is 0 Å². The number of carbonyl (C=O) groups excluding carboxylic acids is 2. The minimum Gasteiger partial charge on any atom is -0.461 e. The van der Waals surface area contributed by atoms with Crippen molar-refractivity contribution < 1.29 is 18.7 Å². The molecule has 0 radical (unpaired) electrons. The fraction of sp³-hybridized carbons (Fsp3) is 0.583. The van der Waals surface area contributed by atoms with E-state index in [2.05, 4.69) is 4.98 Å². The minimum absolute atomic E-state index is 0.00776. The van der Waals surface area contributed by atoms with Gasteiger partial charge in [-0.15, -0.1) is 0 Å². The highest BCUT2D eigenvalue weighted by Crippen LogP contribution is 2.16. The van der Waals surface area contributed by atoms with Crippen LogP contribution < -0.4 is 4.90 Å². The maximum Gasteiger partial charge on any atom is 0.360 e. The Balaban J connectivity index is 2.09. The Morgan fingerprint density at radius 2 is 2.32 bits per heavy atom. The first-order valence-corrected chi connectivity index (χ1v) is 6.23. The first-order chi connectivity index (χ1) is 9.11. The van der Waals surface area contributed by atoms with Crippen LogP contribution in [0.15, 0.2) is 10.7 Å². The second-order valence-corrected chi connectivity index (χ2v) is 4.33. The molecule has 0 unspecified atom stereocenters. The lowest BCUT2D eigenvalue weighted by Gasteiger charge is -2.16. The summed E-state index contributed by atoms with van der Waals surface area (Å²) in [5, 5.41) is 0. The van der Waals surface area contributed by atoms with Crippen LogP contribution in [0.4, 0.5) is 6.01 Å². The van der Waals surface area contributed by atoms with Gasteiger partial charge in [-0.2, -0.15) is 4.98 Å². The van der Waals surface area contributed by atoms with Crippen molar-refractivity contribution in [3.05, 3.63) is 12.0 Å². The molecule has 0 aromatic carbocycles. The number of oxazole rings is 1. The van der Waals surface area contributed by atoms with Gasteiger partial charge in [-0.25, -0.2) is 4.79 Å². The molecule has 2 heterocycles. The first-order valence-electron chi connectivity index (χ1n) is 6.23. The van der Waals surface area contributed by atoms with Gasteiger partial charge in [0.05, 0.1) is 6.61 Å². The Labute approximate surface area is 111 Å². The van der Waals surface area contributed by atoms with Crippen molar-refractivity contribution in [3.63, 3.8) is 0 Å². The van der Waals surface area contributed by atoms with Gasteiger partial charge in [0, 0.05) is 20.1 Å². The molecule has 7 heteroatoms. The lowest BCUT2D eigenvalue weighted by atomic mass is 10.4. The van der Waals surface area contributed by atoms with Crippen LogP contribution in [0.1, 0.15) is 23.8 Å². The summed E-state index contributed by atoms with van der Waals surface area (Å²) in [5.41, 5.74) is 0.127. The van der Waals surface area contributed by atoms with E-state index in [1.165, 1.54) is 6.26 Å². The lowest BCUT2D eigenvalue weighted by Crippen LogP contribution is -2.34. The van der Waals surface area contributed by atoms with Crippen LogP contribution in [0.25, 0.3) is 0 Å².